The first kappa shape index (κ1) is 46.6. The maximum absolute atomic E-state index is 13.4. The monoisotopic (exact) mass is 732 g/mol. The van der Waals surface area contributed by atoms with Gasteiger partial charge in [-0.05, 0) is 46.0 Å². The van der Waals surface area contributed by atoms with Crippen molar-refractivity contribution in [2.24, 2.45) is 17.6 Å². The zero-order valence-electron chi connectivity index (χ0n) is 30.3. The number of aliphatic carboxylic acids is 1. The Morgan fingerprint density at radius 2 is 1.08 bits per heavy atom. The minimum Gasteiger partial charge on any atom is -0.480 e. The van der Waals surface area contributed by atoms with E-state index in [2.05, 4.69) is 37.2 Å². The van der Waals surface area contributed by atoms with Gasteiger partial charge < -0.3 is 63.4 Å². The molecule has 0 aromatic rings. The van der Waals surface area contributed by atoms with Crippen LogP contribution in [0.25, 0.3) is 0 Å². The standard InChI is InChI=1S/C31H56N8O12/c1-9-14(4)22(37-27(46)20(12-40)35-21(43)11-33-26(45)16(6)34-25(44)15(5)32)28(47)38-24(18(8)42)30(49)39-23(17(7)41)29(48)36-19(31(50)51)10-13(2)3/h13-20,22-24,40-42H,9-12,32H2,1-8H3,(H,33,45)(H,34,44)(H,35,43)(H,36,48)(H,37,46)(H,38,47)(H,39,49)(H,50,51). The summed E-state index contributed by atoms with van der Waals surface area (Å²) in [5.41, 5.74) is 5.44. The number of carboxylic acid groups (broad SMARTS) is 1. The number of carbonyl (C=O) groups excluding carboxylic acids is 7. The molecule has 51 heavy (non-hydrogen) atoms. The minimum atomic E-state index is -1.72. The van der Waals surface area contributed by atoms with E-state index in [1.165, 1.54) is 20.8 Å². The van der Waals surface area contributed by atoms with Crippen molar-refractivity contribution in [3.05, 3.63) is 0 Å². The zero-order chi connectivity index (χ0) is 39.7. The van der Waals surface area contributed by atoms with Crippen LogP contribution in [0.4, 0.5) is 0 Å². The fourth-order valence-electron chi connectivity index (χ4n) is 4.38. The van der Waals surface area contributed by atoms with Gasteiger partial charge in [-0.25, -0.2) is 4.79 Å². The van der Waals surface area contributed by atoms with Crippen LogP contribution in [0.2, 0.25) is 0 Å². The van der Waals surface area contributed by atoms with Crippen LogP contribution in [-0.4, -0.2) is 135 Å². The Morgan fingerprint density at radius 1 is 0.608 bits per heavy atom. The number of hydrogen-bond donors (Lipinski definition) is 12. The van der Waals surface area contributed by atoms with Crippen LogP contribution in [0.5, 0.6) is 0 Å². The Hall–Kier alpha value is -4.40. The van der Waals surface area contributed by atoms with Gasteiger partial charge >= 0.3 is 5.97 Å². The summed E-state index contributed by atoms with van der Waals surface area (Å²) in [4.78, 5) is 101. The van der Waals surface area contributed by atoms with E-state index < -0.39 is 121 Å². The van der Waals surface area contributed by atoms with Crippen LogP contribution >= 0.6 is 0 Å². The van der Waals surface area contributed by atoms with E-state index >= 15 is 0 Å². The van der Waals surface area contributed by atoms with E-state index in [1.54, 1.807) is 27.7 Å². The van der Waals surface area contributed by atoms with Gasteiger partial charge in [0, 0.05) is 0 Å². The van der Waals surface area contributed by atoms with Crippen molar-refractivity contribution in [3.63, 3.8) is 0 Å². The number of aliphatic hydroxyl groups is 3. The number of aliphatic hydroxyl groups excluding tert-OH is 3. The van der Waals surface area contributed by atoms with Crippen LogP contribution in [0.3, 0.4) is 0 Å². The molecule has 13 N–H and O–H groups in total. The van der Waals surface area contributed by atoms with E-state index in [0.29, 0.717) is 6.42 Å². The van der Waals surface area contributed by atoms with Crippen LogP contribution in [0.15, 0.2) is 0 Å². The first-order valence-corrected chi connectivity index (χ1v) is 16.6. The summed E-state index contributed by atoms with van der Waals surface area (Å²) in [7, 11) is 0. The second-order valence-corrected chi connectivity index (χ2v) is 12.9. The number of hydrogen-bond acceptors (Lipinski definition) is 12. The summed E-state index contributed by atoms with van der Waals surface area (Å²) in [6.45, 7) is 10.3. The average molecular weight is 733 g/mol. The lowest BCUT2D eigenvalue weighted by molar-refractivity contribution is -0.143. The molecule has 0 saturated carbocycles. The quantitative estimate of drug-likeness (QED) is 0.0499. The van der Waals surface area contributed by atoms with E-state index in [-0.39, 0.29) is 12.3 Å². The molecule has 0 aromatic heterocycles. The third-order valence-corrected chi connectivity index (χ3v) is 7.66. The smallest absolute Gasteiger partial charge is 0.326 e. The van der Waals surface area contributed by atoms with E-state index in [9.17, 15) is 58.8 Å². The first-order valence-electron chi connectivity index (χ1n) is 16.6. The van der Waals surface area contributed by atoms with Gasteiger partial charge in [-0.15, -0.1) is 0 Å². The highest BCUT2D eigenvalue weighted by Crippen LogP contribution is 2.11. The summed E-state index contributed by atoms with van der Waals surface area (Å²) < 4.78 is 0. The summed E-state index contributed by atoms with van der Waals surface area (Å²) in [6, 6.07) is -9.60. The summed E-state index contributed by atoms with van der Waals surface area (Å²) in [5, 5.41) is 55.9. The molecule has 10 unspecified atom stereocenters. The molecule has 0 aromatic carbocycles. The molecule has 0 aliphatic rings. The normalized spacial score (nSPS) is 17.0. The third-order valence-electron chi connectivity index (χ3n) is 7.66. The highest BCUT2D eigenvalue weighted by molar-refractivity contribution is 5.97. The van der Waals surface area contributed by atoms with Crippen molar-refractivity contribution in [2.75, 3.05) is 13.2 Å². The van der Waals surface area contributed by atoms with Crippen molar-refractivity contribution in [2.45, 2.75) is 123 Å². The van der Waals surface area contributed by atoms with E-state index in [4.69, 9.17) is 5.73 Å². The summed E-state index contributed by atoms with van der Waals surface area (Å²) >= 11 is 0. The minimum absolute atomic E-state index is 0.0588. The molecule has 0 radical (unpaired) electrons. The summed E-state index contributed by atoms with van der Waals surface area (Å²) in [5.74, 6) is -8.37. The Kier molecular flexibility index (Phi) is 20.5. The van der Waals surface area contributed by atoms with Crippen molar-refractivity contribution in [1.29, 1.82) is 0 Å². The van der Waals surface area contributed by atoms with Gasteiger partial charge in [0.2, 0.25) is 41.4 Å². The molecule has 20 heteroatoms. The molecule has 20 nitrogen and oxygen atoms in total. The molecule has 0 fully saturated rings. The topological polar surface area (TPSA) is 328 Å². The molecule has 0 aliphatic heterocycles. The fraction of sp³-hybridized carbons (Fsp3) is 0.742. The number of nitrogens with two attached hydrogens (primary N) is 1. The molecule has 292 valence electrons. The van der Waals surface area contributed by atoms with Gasteiger partial charge in [0.25, 0.3) is 0 Å². The van der Waals surface area contributed by atoms with Crippen molar-refractivity contribution < 1.29 is 58.8 Å². The van der Waals surface area contributed by atoms with Gasteiger partial charge in [0.05, 0.1) is 31.4 Å². The molecular weight excluding hydrogens is 676 g/mol. The van der Waals surface area contributed by atoms with E-state index in [0.717, 1.165) is 6.92 Å². The Balaban J connectivity index is 5.72. The molecule has 0 saturated heterocycles. The Labute approximate surface area is 296 Å². The van der Waals surface area contributed by atoms with Crippen LogP contribution in [-0.2, 0) is 38.4 Å². The highest BCUT2D eigenvalue weighted by atomic mass is 16.4. The molecule has 0 heterocycles. The van der Waals surface area contributed by atoms with E-state index in [1.807, 2.05) is 0 Å². The van der Waals surface area contributed by atoms with Gasteiger partial charge in [-0.2, -0.15) is 0 Å². The molecule has 10 atom stereocenters. The lowest BCUT2D eigenvalue weighted by Crippen LogP contribution is -2.63. The predicted molar refractivity (Wildman–Crippen MR) is 181 cm³/mol. The maximum atomic E-state index is 13.4. The average Bonchev–Trinajstić information content (AvgIpc) is 3.04. The number of nitrogens with one attached hydrogen (secondary N) is 7. The Bertz CT molecular complexity index is 1230. The highest BCUT2D eigenvalue weighted by Gasteiger charge is 2.37. The molecule has 0 bridgehead atoms. The first-order chi connectivity index (χ1) is 23.6. The zero-order valence-corrected chi connectivity index (χ0v) is 30.3. The van der Waals surface area contributed by atoms with Gasteiger partial charge in [0.1, 0.15) is 36.3 Å². The van der Waals surface area contributed by atoms with Crippen molar-refractivity contribution in [1.82, 2.24) is 37.2 Å². The molecule has 0 spiro atoms. The fourth-order valence-corrected chi connectivity index (χ4v) is 4.38. The SMILES string of the molecule is CCC(C)C(NC(=O)C(CO)NC(=O)CNC(=O)C(C)NC(=O)C(C)N)C(=O)NC(C(=O)NC(C(=O)NC(CC(C)C)C(=O)O)C(C)O)C(C)O. The van der Waals surface area contributed by atoms with Crippen molar-refractivity contribution in [3.8, 4) is 0 Å². The summed E-state index contributed by atoms with van der Waals surface area (Å²) in [6.07, 6.45) is -2.72. The van der Waals surface area contributed by atoms with Gasteiger partial charge in [-0.3, -0.25) is 33.6 Å². The maximum Gasteiger partial charge on any atom is 0.326 e. The largest absolute Gasteiger partial charge is 0.480 e. The molecule has 7 amide bonds. The lowest BCUT2D eigenvalue weighted by atomic mass is 9.97. The second kappa shape index (κ2) is 22.4. The number of carboxylic acids is 1. The predicted octanol–water partition coefficient (Wildman–Crippen LogP) is -4.69. The number of carbonyl (C=O) groups is 8. The number of rotatable bonds is 22. The number of amides is 7. The lowest BCUT2D eigenvalue weighted by Gasteiger charge is -2.30. The third kappa shape index (κ3) is 16.4. The molecule has 0 aliphatic carbocycles. The second-order valence-electron chi connectivity index (χ2n) is 12.9. The van der Waals surface area contributed by atoms with Crippen LogP contribution in [0.1, 0.15) is 68.2 Å². The van der Waals surface area contributed by atoms with Crippen LogP contribution < -0.4 is 43.0 Å². The Morgan fingerprint density at radius 3 is 1.49 bits per heavy atom. The molecule has 0 rings (SSSR count). The molecular formula is C31H56N8O12. The van der Waals surface area contributed by atoms with Crippen molar-refractivity contribution >= 4 is 47.3 Å². The van der Waals surface area contributed by atoms with Gasteiger partial charge in [-0.1, -0.05) is 34.1 Å². The van der Waals surface area contributed by atoms with Crippen LogP contribution in [0, 0.1) is 11.8 Å². The van der Waals surface area contributed by atoms with Gasteiger partial charge in [0.15, 0.2) is 0 Å².